The van der Waals surface area contributed by atoms with Gasteiger partial charge in [0, 0.05) is 18.0 Å². The molecule has 4 nitrogen and oxygen atoms in total. The first kappa shape index (κ1) is 9.33. The summed E-state index contributed by atoms with van der Waals surface area (Å²) in [5.41, 5.74) is 6.35. The Hall–Kier alpha value is -2.23. The number of rotatable bonds is 2. The summed E-state index contributed by atoms with van der Waals surface area (Å²) >= 11 is 0. The normalized spacial score (nSPS) is 9.87. The van der Waals surface area contributed by atoms with Crippen LogP contribution in [0.5, 0.6) is 0 Å². The van der Waals surface area contributed by atoms with E-state index in [1.165, 1.54) is 0 Å². The van der Waals surface area contributed by atoms with Crippen LogP contribution in [0.15, 0.2) is 42.7 Å². The summed E-state index contributed by atoms with van der Waals surface area (Å²) in [5, 5.41) is 0. The maximum atomic E-state index is 11.2. The van der Waals surface area contributed by atoms with Gasteiger partial charge in [0.05, 0.1) is 5.56 Å². The molecule has 0 atom stereocenters. The number of primary amides is 1. The highest BCUT2D eigenvalue weighted by Gasteiger charge is 2.10. The third kappa shape index (κ3) is 1.83. The molecule has 0 aliphatic carbocycles. The monoisotopic (exact) mass is 199 g/mol. The zero-order chi connectivity index (χ0) is 10.7. The van der Waals surface area contributed by atoms with E-state index in [2.05, 4.69) is 9.97 Å². The third-order valence-corrected chi connectivity index (χ3v) is 2.00. The van der Waals surface area contributed by atoms with Crippen molar-refractivity contribution in [3.8, 4) is 11.4 Å². The number of hydrogen-bond donors (Lipinski definition) is 1. The Morgan fingerprint density at radius 2 is 1.73 bits per heavy atom. The molecule has 0 saturated carbocycles. The largest absolute Gasteiger partial charge is 0.366 e. The topological polar surface area (TPSA) is 68.9 Å². The average Bonchev–Trinajstić information content (AvgIpc) is 2.30. The summed E-state index contributed by atoms with van der Waals surface area (Å²) in [6.45, 7) is 0. The number of carbonyl (C=O) groups excluding carboxylic acids is 1. The van der Waals surface area contributed by atoms with E-state index in [-0.39, 0.29) is 0 Å². The van der Waals surface area contributed by atoms with Crippen LogP contribution in [0, 0.1) is 0 Å². The predicted molar refractivity (Wildman–Crippen MR) is 56.0 cm³/mol. The maximum Gasteiger partial charge on any atom is 0.249 e. The summed E-state index contributed by atoms with van der Waals surface area (Å²) in [6.07, 6.45) is 3.25. The molecule has 1 aromatic carbocycles. The molecule has 15 heavy (non-hydrogen) atoms. The summed E-state index contributed by atoms with van der Waals surface area (Å²) < 4.78 is 0. The molecule has 2 rings (SSSR count). The first-order valence-electron chi connectivity index (χ1n) is 4.45. The number of nitrogens with zero attached hydrogens (tertiary/aromatic N) is 2. The van der Waals surface area contributed by atoms with Crippen LogP contribution in [0.25, 0.3) is 11.4 Å². The number of amides is 1. The molecule has 2 N–H and O–H groups in total. The lowest BCUT2D eigenvalue weighted by atomic mass is 10.1. The molecule has 0 radical (unpaired) electrons. The van der Waals surface area contributed by atoms with Crippen LogP contribution in [0.4, 0.5) is 0 Å². The van der Waals surface area contributed by atoms with Crippen molar-refractivity contribution < 1.29 is 4.79 Å². The summed E-state index contributed by atoms with van der Waals surface area (Å²) in [5.74, 6) is 0.0324. The SMILES string of the molecule is NC(=O)c1ccccc1-c1ncccn1. The van der Waals surface area contributed by atoms with E-state index in [0.717, 1.165) is 0 Å². The lowest BCUT2D eigenvalue weighted by Gasteiger charge is -2.03. The second-order valence-corrected chi connectivity index (χ2v) is 2.98. The highest BCUT2D eigenvalue weighted by molar-refractivity contribution is 5.98. The van der Waals surface area contributed by atoms with Crippen molar-refractivity contribution >= 4 is 5.91 Å². The van der Waals surface area contributed by atoms with Gasteiger partial charge in [-0.3, -0.25) is 4.79 Å². The second-order valence-electron chi connectivity index (χ2n) is 2.98. The molecule has 4 heteroatoms. The smallest absolute Gasteiger partial charge is 0.249 e. The van der Waals surface area contributed by atoms with E-state index in [1.54, 1.807) is 36.7 Å². The van der Waals surface area contributed by atoms with Crippen LogP contribution in [0.1, 0.15) is 10.4 Å². The van der Waals surface area contributed by atoms with Gasteiger partial charge in [-0.2, -0.15) is 0 Å². The van der Waals surface area contributed by atoms with Crippen molar-refractivity contribution in [1.82, 2.24) is 9.97 Å². The van der Waals surface area contributed by atoms with Crippen LogP contribution in [0.2, 0.25) is 0 Å². The van der Waals surface area contributed by atoms with E-state index in [0.29, 0.717) is 17.0 Å². The number of hydrogen-bond acceptors (Lipinski definition) is 3. The lowest BCUT2D eigenvalue weighted by Crippen LogP contribution is -2.12. The van der Waals surface area contributed by atoms with Gasteiger partial charge in [0.1, 0.15) is 0 Å². The molecule has 74 valence electrons. The number of nitrogens with two attached hydrogens (primary N) is 1. The van der Waals surface area contributed by atoms with E-state index in [4.69, 9.17) is 5.73 Å². The molecule has 0 saturated heterocycles. The van der Waals surface area contributed by atoms with E-state index in [1.807, 2.05) is 6.07 Å². The fourth-order valence-corrected chi connectivity index (χ4v) is 1.33. The van der Waals surface area contributed by atoms with Crippen molar-refractivity contribution in [3.63, 3.8) is 0 Å². The van der Waals surface area contributed by atoms with Crippen LogP contribution < -0.4 is 5.73 Å². The molecule has 0 bridgehead atoms. The van der Waals surface area contributed by atoms with Gasteiger partial charge >= 0.3 is 0 Å². The van der Waals surface area contributed by atoms with Crippen LogP contribution in [0.3, 0.4) is 0 Å². The summed E-state index contributed by atoms with van der Waals surface area (Å²) in [4.78, 5) is 19.3. The van der Waals surface area contributed by atoms with E-state index in [9.17, 15) is 4.79 Å². The minimum atomic E-state index is -0.474. The Morgan fingerprint density at radius 3 is 2.40 bits per heavy atom. The highest BCUT2D eigenvalue weighted by atomic mass is 16.1. The minimum Gasteiger partial charge on any atom is -0.366 e. The molecule has 1 heterocycles. The van der Waals surface area contributed by atoms with Crippen molar-refractivity contribution in [2.75, 3.05) is 0 Å². The van der Waals surface area contributed by atoms with Crippen molar-refractivity contribution in [1.29, 1.82) is 0 Å². The zero-order valence-corrected chi connectivity index (χ0v) is 7.92. The Labute approximate surface area is 86.8 Å². The highest BCUT2D eigenvalue weighted by Crippen LogP contribution is 2.18. The maximum absolute atomic E-state index is 11.2. The fourth-order valence-electron chi connectivity index (χ4n) is 1.33. The average molecular weight is 199 g/mol. The van der Waals surface area contributed by atoms with Crippen LogP contribution in [-0.4, -0.2) is 15.9 Å². The molecule has 1 amide bonds. The first-order valence-corrected chi connectivity index (χ1v) is 4.45. The lowest BCUT2D eigenvalue weighted by molar-refractivity contribution is 0.100. The molecule has 2 aromatic rings. The van der Waals surface area contributed by atoms with Gasteiger partial charge in [-0.05, 0) is 12.1 Å². The molecule has 0 unspecified atom stereocenters. The standard InChI is InChI=1S/C11H9N3O/c12-10(15)8-4-1-2-5-9(8)11-13-6-3-7-14-11/h1-7H,(H2,12,15). The van der Waals surface area contributed by atoms with Gasteiger partial charge in [-0.15, -0.1) is 0 Å². The van der Waals surface area contributed by atoms with Gasteiger partial charge in [0.25, 0.3) is 0 Å². The van der Waals surface area contributed by atoms with Gasteiger partial charge in [-0.1, -0.05) is 18.2 Å². The molecular formula is C11H9N3O. The van der Waals surface area contributed by atoms with Gasteiger partial charge in [-0.25, -0.2) is 9.97 Å². The first-order chi connectivity index (χ1) is 7.29. The van der Waals surface area contributed by atoms with Gasteiger partial charge in [0.15, 0.2) is 5.82 Å². The van der Waals surface area contributed by atoms with E-state index >= 15 is 0 Å². The Morgan fingerprint density at radius 1 is 1.07 bits per heavy atom. The molecule has 0 aliphatic rings. The quantitative estimate of drug-likeness (QED) is 0.791. The van der Waals surface area contributed by atoms with Crippen molar-refractivity contribution in [2.24, 2.45) is 5.73 Å². The van der Waals surface area contributed by atoms with E-state index < -0.39 is 5.91 Å². The Bertz CT molecular complexity index is 482. The van der Waals surface area contributed by atoms with Gasteiger partial charge in [0.2, 0.25) is 5.91 Å². The zero-order valence-electron chi connectivity index (χ0n) is 7.92. The van der Waals surface area contributed by atoms with Crippen molar-refractivity contribution in [3.05, 3.63) is 48.3 Å². The Kier molecular flexibility index (Phi) is 2.41. The second kappa shape index (κ2) is 3.88. The molecule has 0 spiro atoms. The van der Waals surface area contributed by atoms with Gasteiger partial charge < -0.3 is 5.73 Å². The molecule has 0 fully saturated rings. The minimum absolute atomic E-state index is 0.434. The third-order valence-electron chi connectivity index (χ3n) is 2.00. The number of carbonyl (C=O) groups is 1. The molecule has 1 aromatic heterocycles. The molecular weight excluding hydrogens is 190 g/mol. The molecule has 0 aliphatic heterocycles. The van der Waals surface area contributed by atoms with Crippen molar-refractivity contribution in [2.45, 2.75) is 0 Å². The van der Waals surface area contributed by atoms with Crippen LogP contribution in [-0.2, 0) is 0 Å². The predicted octanol–water partition coefficient (Wildman–Crippen LogP) is 1.24. The van der Waals surface area contributed by atoms with Crippen LogP contribution >= 0.6 is 0 Å². The number of benzene rings is 1. The Balaban J connectivity index is 2.58. The summed E-state index contributed by atoms with van der Waals surface area (Å²) in [6, 6.07) is 8.73. The number of aromatic nitrogens is 2. The summed E-state index contributed by atoms with van der Waals surface area (Å²) in [7, 11) is 0. The fraction of sp³-hybridized carbons (Fsp3) is 0.